The van der Waals surface area contributed by atoms with Crippen molar-refractivity contribution < 1.29 is 96.6 Å². The van der Waals surface area contributed by atoms with Crippen LogP contribution in [0.15, 0.2) is 45.6 Å². The summed E-state index contributed by atoms with van der Waals surface area (Å²) >= 11 is 0. The molecule has 0 amide bonds. The number of carbonyl (C=O) groups excluding carboxylic acids is 1. The Morgan fingerprint density at radius 1 is 0.781 bits per heavy atom. The Kier molecular flexibility index (Phi) is 8.80. The van der Waals surface area contributed by atoms with E-state index >= 15 is 0 Å². The number of ketones is 1. The fourth-order valence-corrected chi connectivity index (χ4v) is 3.08. The predicted molar refractivity (Wildman–Crippen MR) is 98.5 cm³/mol. The number of hydrogen-bond donors (Lipinski definition) is 1. The molecule has 1 radical (unpaired) electrons. The summed E-state index contributed by atoms with van der Waals surface area (Å²) in [6.07, 6.45) is 0. The van der Waals surface area contributed by atoms with E-state index in [1.54, 1.807) is 24.3 Å². The molecule has 0 aliphatic heterocycles. The van der Waals surface area contributed by atoms with Gasteiger partial charge in [0.05, 0.1) is 5.39 Å². The summed E-state index contributed by atoms with van der Waals surface area (Å²) in [7, 11) is 0. The molecule has 0 fully saturated rings. The number of rotatable bonds is 2. The molecular weight excluding hydrogens is 583 g/mol. The van der Waals surface area contributed by atoms with Crippen molar-refractivity contribution in [3.8, 4) is 5.75 Å². The maximum atomic E-state index is 14.0. The van der Waals surface area contributed by atoms with Crippen LogP contribution in [-0.2, 0) is 0 Å². The van der Waals surface area contributed by atoms with E-state index in [1.807, 2.05) is 0 Å². The van der Waals surface area contributed by atoms with Crippen molar-refractivity contribution in [2.75, 3.05) is 0 Å². The topological polar surface area (TPSA) is 131 Å². The quantitative estimate of drug-likeness (QED) is 0.0956. The summed E-state index contributed by atoms with van der Waals surface area (Å²) in [6.45, 7) is 0. The molecule has 0 aliphatic rings. The van der Waals surface area contributed by atoms with Crippen LogP contribution >= 0.6 is 0 Å². The molecule has 0 unspecified atom stereocenters. The van der Waals surface area contributed by atoms with Crippen LogP contribution in [-0.4, -0.2) is 21.8 Å². The van der Waals surface area contributed by atoms with Gasteiger partial charge in [0, 0.05) is 49.4 Å². The zero-order valence-electron chi connectivity index (χ0n) is 15.4. The van der Waals surface area contributed by atoms with E-state index < -0.39 is 57.4 Å². The van der Waals surface area contributed by atoms with Gasteiger partial charge in [-0.1, -0.05) is 30.3 Å². The molecule has 1 heterocycles. The van der Waals surface area contributed by atoms with Gasteiger partial charge in [0.15, 0.2) is 28.8 Å². The first-order chi connectivity index (χ1) is 13.7. The maximum Gasteiger partial charge on any atom is 0.351 e. The Bertz CT molecular complexity index is 1390. The minimum atomic E-state index is -2.46. The van der Waals surface area contributed by atoms with Crippen LogP contribution in [0.1, 0.15) is 15.9 Å². The molecule has 1 aromatic heterocycles. The van der Waals surface area contributed by atoms with Gasteiger partial charge in [-0.05, 0) is 16.8 Å². The summed E-state index contributed by atoms with van der Waals surface area (Å²) in [4.78, 5) is 24.8. The van der Waals surface area contributed by atoms with Crippen LogP contribution in [0.4, 0.5) is 22.0 Å². The van der Waals surface area contributed by atoms with Gasteiger partial charge in [-0.2, -0.15) is 0 Å². The van der Waals surface area contributed by atoms with Crippen LogP contribution in [0.25, 0.3) is 21.7 Å². The number of benzene rings is 3. The molecule has 0 spiro atoms. The van der Waals surface area contributed by atoms with E-state index in [2.05, 4.69) is 0 Å². The second-order valence-electron chi connectivity index (χ2n) is 6.05. The van der Waals surface area contributed by atoms with Crippen LogP contribution in [0.2, 0.25) is 0 Å². The normalized spacial score (nSPS) is 10.3. The van der Waals surface area contributed by atoms with Gasteiger partial charge in [-0.25, -0.2) is 26.7 Å². The zero-order valence-corrected chi connectivity index (χ0v) is 17.8. The summed E-state index contributed by atoms with van der Waals surface area (Å²) in [6, 6.07) is 9.30. The fourth-order valence-electron chi connectivity index (χ4n) is 3.08. The molecule has 32 heavy (non-hydrogen) atoms. The van der Waals surface area contributed by atoms with Gasteiger partial charge in [0.1, 0.15) is 16.9 Å². The Balaban J connectivity index is 0.00000171. The summed E-state index contributed by atoms with van der Waals surface area (Å²) < 4.78 is 73.1. The first kappa shape index (κ1) is 27.8. The molecule has 0 bridgehead atoms. The molecule has 169 valence electrons. The van der Waals surface area contributed by atoms with Crippen molar-refractivity contribution in [3.05, 3.63) is 87.0 Å². The molecule has 6 nitrogen and oxygen atoms in total. The molecule has 0 atom stereocenters. The van der Waals surface area contributed by atoms with E-state index in [1.165, 1.54) is 12.1 Å². The van der Waals surface area contributed by atoms with Crippen molar-refractivity contribution >= 4 is 27.5 Å². The third-order valence-corrected chi connectivity index (χ3v) is 4.44. The van der Waals surface area contributed by atoms with Gasteiger partial charge in [-0.15, -0.1) is 0 Å². The number of halogens is 5. The average molecular weight is 594 g/mol. The van der Waals surface area contributed by atoms with Gasteiger partial charge in [-0.3, -0.25) is 4.79 Å². The molecule has 0 saturated carbocycles. The third-order valence-electron chi connectivity index (χ3n) is 4.44. The molecule has 5 N–H and O–H groups in total. The molecule has 12 heteroatoms. The predicted octanol–water partition coefficient (Wildman–Crippen LogP) is 2.93. The smallest absolute Gasteiger partial charge is 0.351 e. The van der Waals surface area contributed by atoms with Crippen molar-refractivity contribution in [1.82, 2.24) is 0 Å². The third kappa shape index (κ3) is 4.08. The molecule has 0 aliphatic carbocycles. The van der Waals surface area contributed by atoms with Crippen LogP contribution in [0.3, 0.4) is 0 Å². The standard InChI is InChI=1S/C20H7F5O4.Eu.2H2O/c21-13-11(14(22)16(24)17(25)15(13)23)19(27)12-18(26)10-8-4-2-1-3-7(8)5-6-9(10)29-20(12)28;;;/h1-6,26H;;2*1H2. The van der Waals surface area contributed by atoms with Crippen molar-refractivity contribution in [2.45, 2.75) is 0 Å². The molecular formula is C20H11EuF5O6. The first-order valence-electron chi connectivity index (χ1n) is 7.97. The van der Waals surface area contributed by atoms with Crippen molar-refractivity contribution in [2.24, 2.45) is 0 Å². The number of carbonyl (C=O) groups is 1. The number of aromatic hydroxyl groups is 1. The van der Waals surface area contributed by atoms with Gasteiger partial charge in [0.25, 0.3) is 0 Å². The second-order valence-corrected chi connectivity index (χ2v) is 6.05. The average Bonchev–Trinajstić information content (AvgIpc) is 2.70. The van der Waals surface area contributed by atoms with Gasteiger partial charge < -0.3 is 20.5 Å². The Hall–Kier alpha value is -2.25. The Morgan fingerprint density at radius 2 is 1.31 bits per heavy atom. The van der Waals surface area contributed by atoms with Crippen molar-refractivity contribution in [3.63, 3.8) is 0 Å². The van der Waals surface area contributed by atoms with Crippen LogP contribution < -0.4 is 5.63 Å². The minimum Gasteiger partial charge on any atom is -0.506 e. The number of hydrogen-bond acceptors (Lipinski definition) is 4. The van der Waals surface area contributed by atoms with Crippen LogP contribution in [0, 0.1) is 78.5 Å². The molecule has 4 rings (SSSR count). The second kappa shape index (κ2) is 10.1. The van der Waals surface area contributed by atoms with E-state index in [4.69, 9.17) is 4.42 Å². The summed E-state index contributed by atoms with van der Waals surface area (Å²) in [5, 5.41) is 11.3. The van der Waals surface area contributed by atoms with E-state index in [-0.39, 0.29) is 71.3 Å². The zero-order chi connectivity index (χ0) is 21.0. The van der Waals surface area contributed by atoms with E-state index in [9.17, 15) is 36.6 Å². The van der Waals surface area contributed by atoms with Crippen LogP contribution in [0.5, 0.6) is 5.75 Å². The Labute approximate surface area is 215 Å². The summed E-state index contributed by atoms with van der Waals surface area (Å²) in [5.74, 6) is -14.9. The summed E-state index contributed by atoms with van der Waals surface area (Å²) in [5.41, 5.74) is -4.76. The largest absolute Gasteiger partial charge is 0.506 e. The molecule has 3 aromatic carbocycles. The molecule has 4 aromatic rings. The maximum absolute atomic E-state index is 14.0. The molecule has 0 saturated heterocycles. The van der Waals surface area contributed by atoms with Gasteiger partial charge >= 0.3 is 5.63 Å². The number of fused-ring (bicyclic) bond motifs is 3. The minimum absolute atomic E-state index is 0. The fraction of sp³-hybridized carbons (Fsp3) is 0. The van der Waals surface area contributed by atoms with E-state index in [0.717, 1.165) is 0 Å². The monoisotopic (exact) mass is 595 g/mol. The Morgan fingerprint density at radius 3 is 1.91 bits per heavy atom. The van der Waals surface area contributed by atoms with Crippen molar-refractivity contribution in [1.29, 1.82) is 0 Å². The SMILES string of the molecule is O.O.O=C(c1c(F)c(F)c(F)c(F)c1F)c1c(O)c2c(ccc3ccccc32)oc1=O.[Eu]. The van der Waals surface area contributed by atoms with E-state index in [0.29, 0.717) is 10.8 Å². The van der Waals surface area contributed by atoms with Gasteiger partial charge in [0.2, 0.25) is 11.6 Å². The first-order valence-corrected chi connectivity index (χ1v) is 7.97.